The van der Waals surface area contributed by atoms with Crippen molar-refractivity contribution in [3.8, 4) is 22.9 Å². The van der Waals surface area contributed by atoms with Gasteiger partial charge in [-0.15, -0.1) is 0 Å². The van der Waals surface area contributed by atoms with E-state index in [1.165, 1.54) is 0 Å². The number of hydrogen-bond acceptors (Lipinski definition) is 5. The highest BCUT2D eigenvalue weighted by Gasteiger charge is 2.19. The second-order valence-electron chi connectivity index (χ2n) is 7.20. The Balaban J connectivity index is 1.42. The first-order valence-corrected chi connectivity index (χ1v) is 9.45. The van der Waals surface area contributed by atoms with Crippen LogP contribution in [0.3, 0.4) is 0 Å². The fraction of sp³-hybridized carbons (Fsp3) is 0.333. The fourth-order valence-corrected chi connectivity index (χ4v) is 3.54. The van der Waals surface area contributed by atoms with Crippen LogP contribution in [0.2, 0.25) is 0 Å². The van der Waals surface area contributed by atoms with Gasteiger partial charge in [-0.2, -0.15) is 0 Å². The highest BCUT2D eigenvalue weighted by Crippen LogP contribution is 2.27. The Morgan fingerprint density at radius 3 is 2.54 bits per heavy atom. The summed E-state index contributed by atoms with van der Waals surface area (Å²) in [7, 11) is 0. The number of aliphatic hydroxyl groups excluding tert-OH is 1. The van der Waals surface area contributed by atoms with Crippen molar-refractivity contribution in [1.82, 2.24) is 9.97 Å². The molecule has 1 heterocycles. The van der Waals surface area contributed by atoms with Crippen molar-refractivity contribution in [2.45, 2.75) is 31.8 Å². The van der Waals surface area contributed by atoms with Gasteiger partial charge in [-0.1, -0.05) is 0 Å². The Kier molecular flexibility index (Phi) is 5.16. The van der Waals surface area contributed by atoms with Crippen LogP contribution in [-0.4, -0.2) is 33.9 Å². The monoisotopic (exact) mass is 381 g/mol. The number of aromatic amines is 1. The third kappa shape index (κ3) is 4.26. The van der Waals surface area contributed by atoms with Crippen molar-refractivity contribution in [3.63, 3.8) is 0 Å². The molecule has 4 N–H and O–H groups in total. The maximum atomic E-state index is 10.9. The second kappa shape index (κ2) is 7.90. The molecule has 0 radical (unpaired) electrons. The van der Waals surface area contributed by atoms with E-state index in [9.17, 15) is 9.90 Å². The summed E-state index contributed by atoms with van der Waals surface area (Å²) in [5, 5.41) is 9.58. The van der Waals surface area contributed by atoms with E-state index in [-0.39, 0.29) is 6.10 Å². The van der Waals surface area contributed by atoms with Gasteiger partial charge in [-0.3, -0.25) is 0 Å². The van der Waals surface area contributed by atoms with Gasteiger partial charge in [0, 0.05) is 11.6 Å². The smallest absolute Gasteiger partial charge is 0.409 e. The summed E-state index contributed by atoms with van der Waals surface area (Å²) in [6.07, 6.45) is 2.77. The van der Waals surface area contributed by atoms with Crippen molar-refractivity contribution in [2.24, 2.45) is 11.7 Å². The minimum absolute atomic E-state index is 0.141. The van der Waals surface area contributed by atoms with Crippen LogP contribution in [-0.2, 0) is 0 Å². The minimum atomic E-state index is -0.848. The molecule has 1 aliphatic carbocycles. The lowest BCUT2D eigenvalue weighted by molar-refractivity contribution is 0.0917. The quantitative estimate of drug-likeness (QED) is 0.625. The van der Waals surface area contributed by atoms with Crippen molar-refractivity contribution in [1.29, 1.82) is 0 Å². The first-order valence-electron chi connectivity index (χ1n) is 9.45. The number of aromatic nitrogens is 2. The highest BCUT2D eigenvalue weighted by molar-refractivity contribution is 5.81. The SMILES string of the molecule is NC(=O)Oc1ccc2nc(-c3ccc(OCC4CCC(O)CC4)cc3)[nH]c2c1. The summed E-state index contributed by atoms with van der Waals surface area (Å²) in [6.45, 7) is 0.680. The van der Waals surface area contributed by atoms with Gasteiger partial charge in [0.05, 0.1) is 23.7 Å². The van der Waals surface area contributed by atoms with Crippen molar-refractivity contribution >= 4 is 17.1 Å². The molecule has 0 bridgehead atoms. The van der Waals surface area contributed by atoms with E-state index >= 15 is 0 Å². The summed E-state index contributed by atoms with van der Waals surface area (Å²) >= 11 is 0. The lowest BCUT2D eigenvalue weighted by Gasteiger charge is -2.25. The molecule has 0 spiro atoms. The van der Waals surface area contributed by atoms with Crippen LogP contribution in [0.5, 0.6) is 11.5 Å². The number of H-pyrrole nitrogens is 1. The molecule has 146 valence electrons. The van der Waals surface area contributed by atoms with E-state index in [0.29, 0.717) is 18.3 Å². The molecule has 0 atom stereocenters. The largest absolute Gasteiger partial charge is 0.493 e. The van der Waals surface area contributed by atoms with Crippen LogP contribution in [0.25, 0.3) is 22.4 Å². The number of nitrogens with two attached hydrogens (primary N) is 1. The topological polar surface area (TPSA) is 110 Å². The van der Waals surface area contributed by atoms with E-state index in [1.54, 1.807) is 18.2 Å². The molecule has 28 heavy (non-hydrogen) atoms. The summed E-state index contributed by atoms with van der Waals surface area (Å²) in [6, 6.07) is 12.9. The zero-order valence-corrected chi connectivity index (χ0v) is 15.4. The van der Waals surface area contributed by atoms with Gasteiger partial charge >= 0.3 is 6.09 Å². The number of rotatable bonds is 5. The number of carbonyl (C=O) groups excluding carboxylic acids is 1. The number of primary amides is 1. The molecular formula is C21H23N3O4. The molecule has 0 saturated heterocycles. The number of fused-ring (bicyclic) bond motifs is 1. The van der Waals surface area contributed by atoms with E-state index in [1.807, 2.05) is 24.3 Å². The summed E-state index contributed by atoms with van der Waals surface area (Å²) < 4.78 is 10.8. The Morgan fingerprint density at radius 2 is 1.82 bits per heavy atom. The molecule has 1 fully saturated rings. The highest BCUT2D eigenvalue weighted by atomic mass is 16.5. The maximum Gasteiger partial charge on any atom is 0.409 e. The number of amides is 1. The third-order valence-electron chi connectivity index (χ3n) is 5.10. The number of carbonyl (C=O) groups is 1. The number of nitrogens with one attached hydrogen (secondary N) is 1. The standard InChI is InChI=1S/C21H23N3O4/c22-21(26)28-17-9-10-18-19(11-17)24-20(23-18)14-3-7-16(8-4-14)27-12-13-1-5-15(25)6-2-13/h3-4,7-11,13,15,25H,1-2,5-6,12H2,(H2,22,26)(H,23,24). The van der Waals surface area contributed by atoms with Gasteiger partial charge in [0.2, 0.25) is 0 Å². The molecular weight excluding hydrogens is 358 g/mol. The predicted molar refractivity (Wildman–Crippen MR) is 105 cm³/mol. The van der Waals surface area contributed by atoms with Crippen molar-refractivity contribution in [2.75, 3.05) is 6.61 Å². The molecule has 7 nitrogen and oxygen atoms in total. The normalized spacial score (nSPS) is 19.5. The lowest BCUT2D eigenvalue weighted by Crippen LogP contribution is -2.22. The Bertz CT molecular complexity index is 959. The number of imidazole rings is 1. The van der Waals surface area contributed by atoms with Crippen LogP contribution in [0.15, 0.2) is 42.5 Å². The predicted octanol–water partition coefficient (Wildman–Crippen LogP) is 3.62. The fourth-order valence-electron chi connectivity index (χ4n) is 3.54. The van der Waals surface area contributed by atoms with Crippen molar-refractivity contribution in [3.05, 3.63) is 42.5 Å². The zero-order valence-electron chi connectivity index (χ0n) is 15.4. The molecule has 0 unspecified atom stereocenters. The van der Waals surface area contributed by atoms with E-state index in [2.05, 4.69) is 9.97 Å². The van der Waals surface area contributed by atoms with Gasteiger partial charge in [0.25, 0.3) is 0 Å². The lowest BCUT2D eigenvalue weighted by atomic mass is 9.88. The van der Waals surface area contributed by atoms with Crippen LogP contribution >= 0.6 is 0 Å². The average molecular weight is 381 g/mol. The summed E-state index contributed by atoms with van der Waals surface area (Å²) in [4.78, 5) is 18.7. The van der Waals surface area contributed by atoms with Gasteiger partial charge in [-0.25, -0.2) is 9.78 Å². The molecule has 0 aliphatic heterocycles. The molecule has 4 rings (SSSR count). The van der Waals surface area contributed by atoms with Crippen LogP contribution in [0.1, 0.15) is 25.7 Å². The van der Waals surface area contributed by atoms with E-state index in [0.717, 1.165) is 53.9 Å². The maximum absolute atomic E-state index is 10.9. The first kappa shape index (κ1) is 18.3. The number of nitrogens with zero attached hydrogens (tertiary/aromatic N) is 1. The Morgan fingerprint density at radius 1 is 1.11 bits per heavy atom. The molecule has 3 aromatic rings. The number of hydrogen-bond donors (Lipinski definition) is 3. The van der Waals surface area contributed by atoms with Gasteiger partial charge in [-0.05, 0) is 68.0 Å². The van der Waals surface area contributed by atoms with Gasteiger partial charge in [0.15, 0.2) is 0 Å². The second-order valence-corrected chi connectivity index (χ2v) is 7.20. The summed E-state index contributed by atoms with van der Waals surface area (Å²) in [5.41, 5.74) is 7.51. The zero-order chi connectivity index (χ0) is 19.5. The van der Waals surface area contributed by atoms with Crippen LogP contribution < -0.4 is 15.2 Å². The van der Waals surface area contributed by atoms with Gasteiger partial charge in [0.1, 0.15) is 17.3 Å². The summed E-state index contributed by atoms with van der Waals surface area (Å²) in [5.74, 6) is 2.42. The molecule has 1 aromatic heterocycles. The van der Waals surface area contributed by atoms with E-state index < -0.39 is 6.09 Å². The molecule has 7 heteroatoms. The molecule has 1 saturated carbocycles. The Hall–Kier alpha value is -3.06. The number of aliphatic hydroxyl groups is 1. The number of ether oxygens (including phenoxy) is 2. The minimum Gasteiger partial charge on any atom is -0.493 e. The number of benzene rings is 2. The molecule has 1 aliphatic rings. The van der Waals surface area contributed by atoms with Crippen LogP contribution in [0, 0.1) is 5.92 Å². The van der Waals surface area contributed by atoms with Crippen molar-refractivity contribution < 1.29 is 19.4 Å². The Labute approximate surface area is 162 Å². The van der Waals surface area contributed by atoms with E-state index in [4.69, 9.17) is 15.2 Å². The average Bonchev–Trinajstić information content (AvgIpc) is 3.11. The van der Waals surface area contributed by atoms with Gasteiger partial charge < -0.3 is 25.3 Å². The molecule has 1 amide bonds. The molecule has 2 aromatic carbocycles. The third-order valence-corrected chi connectivity index (χ3v) is 5.10. The first-order chi connectivity index (χ1) is 13.6. The van der Waals surface area contributed by atoms with Crippen LogP contribution in [0.4, 0.5) is 4.79 Å².